The van der Waals surface area contributed by atoms with Crippen LogP contribution >= 0.6 is 0 Å². The van der Waals surface area contributed by atoms with Crippen LogP contribution in [0.2, 0.25) is 0 Å². The normalized spacial score (nSPS) is 36.4. The Kier molecular flexibility index (Phi) is 4.39. The predicted octanol–water partition coefficient (Wildman–Crippen LogP) is 3.67. The van der Waals surface area contributed by atoms with Crippen molar-refractivity contribution in [3.05, 3.63) is 34.9 Å². The standard InChI is InChI=1S/C16H17F5O3S/c17-12-8-11-10(9-4-2-1-3-5-9)6-7-15(18,13(11)14(12)22)25(23,24)16(19,20)21/h2,4,6,9,12,14,22H,1,3,5,7-8H2/t9?,12-,14-,15?/m1/s1. The average Bonchev–Trinajstić information content (AvgIpc) is 2.84. The van der Waals surface area contributed by atoms with Crippen molar-refractivity contribution >= 4 is 9.84 Å². The van der Waals surface area contributed by atoms with E-state index in [0.717, 1.165) is 18.9 Å². The Morgan fingerprint density at radius 1 is 1.28 bits per heavy atom. The largest absolute Gasteiger partial charge is 0.500 e. The highest BCUT2D eigenvalue weighted by molar-refractivity contribution is 7.93. The maximum absolute atomic E-state index is 15.2. The molecular formula is C16H17F5O3S. The highest BCUT2D eigenvalue weighted by Gasteiger charge is 2.66. The smallest absolute Gasteiger partial charge is 0.386 e. The van der Waals surface area contributed by atoms with Gasteiger partial charge in [-0.15, -0.1) is 0 Å². The third-order valence-corrected chi connectivity index (χ3v) is 6.93. The summed E-state index contributed by atoms with van der Waals surface area (Å²) >= 11 is 0. The van der Waals surface area contributed by atoms with E-state index in [4.69, 9.17) is 0 Å². The van der Waals surface area contributed by atoms with Gasteiger partial charge in [-0.2, -0.15) is 13.2 Å². The lowest BCUT2D eigenvalue weighted by atomic mass is 9.79. The van der Waals surface area contributed by atoms with Crippen molar-refractivity contribution in [3.8, 4) is 0 Å². The second kappa shape index (κ2) is 5.90. The van der Waals surface area contributed by atoms with Crippen LogP contribution in [0, 0.1) is 5.92 Å². The molecule has 3 rings (SSSR count). The Morgan fingerprint density at radius 2 is 1.96 bits per heavy atom. The maximum Gasteiger partial charge on any atom is 0.500 e. The van der Waals surface area contributed by atoms with E-state index >= 15 is 4.39 Å². The van der Waals surface area contributed by atoms with Crippen molar-refractivity contribution in [2.24, 2.45) is 5.92 Å². The number of halogens is 5. The van der Waals surface area contributed by atoms with E-state index in [1.165, 1.54) is 0 Å². The van der Waals surface area contributed by atoms with Crippen LogP contribution in [0.4, 0.5) is 22.0 Å². The number of alkyl halides is 5. The molecule has 3 aliphatic rings. The van der Waals surface area contributed by atoms with Crippen molar-refractivity contribution in [1.82, 2.24) is 0 Å². The summed E-state index contributed by atoms with van der Waals surface area (Å²) in [6.45, 7) is 0. The molecule has 3 nitrogen and oxygen atoms in total. The first kappa shape index (κ1) is 18.6. The molecular weight excluding hydrogens is 367 g/mol. The maximum atomic E-state index is 15.2. The Bertz CT molecular complexity index is 765. The van der Waals surface area contributed by atoms with Crippen LogP contribution < -0.4 is 0 Å². The zero-order chi connectivity index (χ0) is 18.6. The predicted molar refractivity (Wildman–Crippen MR) is 80.5 cm³/mol. The van der Waals surface area contributed by atoms with Crippen LogP contribution in [-0.4, -0.2) is 36.3 Å². The van der Waals surface area contributed by atoms with Crippen molar-refractivity contribution in [2.45, 2.75) is 54.9 Å². The van der Waals surface area contributed by atoms with Crippen LogP contribution in [0.5, 0.6) is 0 Å². The van der Waals surface area contributed by atoms with E-state index in [1.54, 1.807) is 6.08 Å². The molecule has 0 aliphatic heterocycles. The van der Waals surface area contributed by atoms with Crippen LogP contribution in [0.3, 0.4) is 0 Å². The number of hydrogen-bond acceptors (Lipinski definition) is 3. The Morgan fingerprint density at radius 3 is 2.52 bits per heavy atom. The highest BCUT2D eigenvalue weighted by atomic mass is 32.2. The minimum absolute atomic E-state index is 0.127. The number of aliphatic hydroxyl groups excluding tert-OH is 1. The molecule has 0 spiro atoms. The average molecular weight is 384 g/mol. The molecule has 2 unspecified atom stereocenters. The zero-order valence-electron chi connectivity index (χ0n) is 13.1. The molecule has 140 valence electrons. The molecule has 0 saturated heterocycles. The summed E-state index contributed by atoms with van der Waals surface area (Å²) in [4.78, 5) is 0. The van der Waals surface area contributed by atoms with Crippen molar-refractivity contribution in [2.75, 3.05) is 0 Å². The molecule has 0 radical (unpaired) electrons. The summed E-state index contributed by atoms with van der Waals surface area (Å²) in [6.07, 6.45) is 1.28. The zero-order valence-corrected chi connectivity index (χ0v) is 13.9. The van der Waals surface area contributed by atoms with Crippen LogP contribution in [-0.2, 0) is 9.84 Å². The van der Waals surface area contributed by atoms with Gasteiger partial charge in [0.2, 0.25) is 5.00 Å². The van der Waals surface area contributed by atoms with Gasteiger partial charge < -0.3 is 5.11 Å². The second-order valence-corrected chi connectivity index (χ2v) is 8.68. The molecule has 0 bridgehead atoms. The second-order valence-electron chi connectivity index (χ2n) is 6.56. The Labute approximate surface area is 141 Å². The molecule has 3 aliphatic carbocycles. The molecule has 0 amide bonds. The summed E-state index contributed by atoms with van der Waals surface area (Å²) in [5, 5.41) is 6.05. The number of sulfone groups is 1. The van der Waals surface area contributed by atoms with E-state index in [1.807, 2.05) is 6.08 Å². The first-order valence-corrected chi connectivity index (χ1v) is 9.41. The molecule has 25 heavy (non-hydrogen) atoms. The summed E-state index contributed by atoms with van der Waals surface area (Å²) in [5.41, 5.74) is -6.52. The van der Waals surface area contributed by atoms with Gasteiger partial charge in [-0.3, -0.25) is 0 Å². The van der Waals surface area contributed by atoms with Gasteiger partial charge in [0.05, 0.1) is 0 Å². The van der Waals surface area contributed by atoms with Crippen LogP contribution in [0.1, 0.15) is 32.1 Å². The number of aliphatic hydroxyl groups is 1. The van der Waals surface area contributed by atoms with E-state index < -0.39 is 51.0 Å². The minimum Gasteiger partial charge on any atom is -0.386 e. The number of allylic oxidation sites excluding steroid dienone is 5. The highest BCUT2D eigenvalue weighted by Crippen LogP contribution is 2.53. The molecule has 1 N–H and O–H groups in total. The van der Waals surface area contributed by atoms with Gasteiger partial charge in [-0.1, -0.05) is 18.2 Å². The fourth-order valence-corrected chi connectivity index (χ4v) is 5.06. The fourth-order valence-electron chi connectivity index (χ4n) is 3.85. The van der Waals surface area contributed by atoms with Crippen molar-refractivity contribution < 1.29 is 35.5 Å². The Hall–Kier alpha value is -1.22. The Balaban J connectivity index is 2.13. The lowest BCUT2D eigenvalue weighted by molar-refractivity contribution is -0.0484. The van der Waals surface area contributed by atoms with Gasteiger partial charge in [-0.05, 0) is 30.4 Å². The molecule has 0 aromatic heterocycles. The quantitative estimate of drug-likeness (QED) is 0.584. The summed E-state index contributed by atoms with van der Waals surface area (Å²) in [6, 6.07) is 0. The summed E-state index contributed by atoms with van der Waals surface area (Å²) in [7, 11) is -6.28. The van der Waals surface area contributed by atoms with E-state index in [2.05, 4.69) is 0 Å². The van der Waals surface area contributed by atoms with Crippen molar-refractivity contribution in [1.29, 1.82) is 0 Å². The lowest BCUT2D eigenvalue weighted by Crippen LogP contribution is -2.48. The lowest BCUT2D eigenvalue weighted by Gasteiger charge is -2.34. The van der Waals surface area contributed by atoms with Crippen LogP contribution in [0.25, 0.3) is 0 Å². The van der Waals surface area contributed by atoms with Gasteiger partial charge in [0, 0.05) is 24.3 Å². The van der Waals surface area contributed by atoms with E-state index in [9.17, 15) is 31.1 Å². The first-order valence-electron chi connectivity index (χ1n) is 7.93. The molecule has 0 heterocycles. The monoisotopic (exact) mass is 384 g/mol. The molecule has 4 atom stereocenters. The summed E-state index contributed by atoms with van der Waals surface area (Å²) in [5.74, 6) is -0.241. The topological polar surface area (TPSA) is 54.4 Å². The van der Waals surface area contributed by atoms with Gasteiger partial charge in [0.15, 0.2) is 0 Å². The number of hydrogen-bond donors (Lipinski definition) is 1. The van der Waals surface area contributed by atoms with E-state index in [0.29, 0.717) is 12.0 Å². The molecule has 0 aromatic carbocycles. The van der Waals surface area contributed by atoms with Gasteiger partial charge in [-0.25, -0.2) is 17.2 Å². The van der Waals surface area contributed by atoms with Gasteiger partial charge >= 0.3 is 5.51 Å². The molecule has 0 aromatic rings. The molecule has 9 heteroatoms. The third kappa shape index (κ3) is 2.66. The number of rotatable bonds is 2. The first-order chi connectivity index (χ1) is 11.5. The summed E-state index contributed by atoms with van der Waals surface area (Å²) < 4.78 is 91.6. The molecule has 0 saturated carbocycles. The fraction of sp³-hybridized carbons (Fsp3) is 0.625. The van der Waals surface area contributed by atoms with Crippen molar-refractivity contribution in [3.63, 3.8) is 0 Å². The minimum atomic E-state index is -6.28. The van der Waals surface area contributed by atoms with Gasteiger partial charge in [0.25, 0.3) is 9.84 Å². The SMILES string of the molecule is O=S(=O)(C(F)(F)F)C1(F)CC=C(C2C=CCCC2)C2=C1[C@H](O)[C@H](F)C2. The third-order valence-electron chi connectivity index (χ3n) is 5.08. The molecule has 0 fully saturated rings. The van der Waals surface area contributed by atoms with Gasteiger partial charge in [0.1, 0.15) is 12.3 Å². The van der Waals surface area contributed by atoms with Crippen LogP contribution in [0.15, 0.2) is 34.9 Å². The van der Waals surface area contributed by atoms with E-state index in [-0.39, 0.29) is 11.5 Å².